The summed E-state index contributed by atoms with van der Waals surface area (Å²) >= 11 is 0. The van der Waals surface area contributed by atoms with E-state index < -0.39 is 11.9 Å². The Morgan fingerprint density at radius 3 is 2.49 bits per heavy atom. The van der Waals surface area contributed by atoms with Gasteiger partial charge in [-0.2, -0.15) is 0 Å². The molecule has 41 heavy (non-hydrogen) atoms. The summed E-state index contributed by atoms with van der Waals surface area (Å²) in [5.41, 5.74) is 6.89. The van der Waals surface area contributed by atoms with Gasteiger partial charge < -0.3 is 9.84 Å². The van der Waals surface area contributed by atoms with Gasteiger partial charge in [-0.1, -0.05) is 37.3 Å². The zero-order chi connectivity index (χ0) is 28.2. The third-order valence-corrected chi connectivity index (χ3v) is 10.2. The minimum atomic E-state index is -0.738. The van der Waals surface area contributed by atoms with Crippen molar-refractivity contribution in [2.45, 2.75) is 95.9 Å². The highest BCUT2D eigenvalue weighted by molar-refractivity contribution is 5.71. The number of pyridine rings is 1. The lowest BCUT2D eigenvalue weighted by atomic mass is 9.82. The van der Waals surface area contributed by atoms with E-state index in [4.69, 9.17) is 4.74 Å². The molecule has 0 amide bonds. The molecule has 2 aromatic carbocycles. The third-order valence-electron chi connectivity index (χ3n) is 10.2. The second-order valence-corrected chi connectivity index (χ2v) is 12.9. The molecule has 1 unspecified atom stereocenters. The fourth-order valence-corrected chi connectivity index (χ4v) is 7.84. The first kappa shape index (κ1) is 26.6. The fraction of sp³-hybridized carbons (Fsp3) is 0.486. The molecule has 3 atom stereocenters. The maximum atomic E-state index is 15.1. The summed E-state index contributed by atoms with van der Waals surface area (Å²) in [6.45, 7) is 4.56. The van der Waals surface area contributed by atoms with Gasteiger partial charge in [-0.3, -0.25) is 14.7 Å². The van der Waals surface area contributed by atoms with Crippen LogP contribution in [0.5, 0.6) is 5.75 Å². The number of rotatable bonds is 8. The van der Waals surface area contributed by atoms with Crippen LogP contribution in [-0.2, 0) is 17.8 Å². The summed E-state index contributed by atoms with van der Waals surface area (Å²) in [6.07, 6.45) is 10.2. The molecular formula is C35H39FN2O3. The summed E-state index contributed by atoms with van der Waals surface area (Å²) in [6, 6.07) is 15.9. The van der Waals surface area contributed by atoms with Crippen LogP contribution in [0.25, 0.3) is 11.1 Å². The predicted octanol–water partition coefficient (Wildman–Crippen LogP) is 7.60. The highest BCUT2D eigenvalue weighted by Crippen LogP contribution is 2.48. The van der Waals surface area contributed by atoms with Gasteiger partial charge in [0, 0.05) is 29.9 Å². The Bertz CT molecular complexity index is 1460. The number of benzene rings is 2. The van der Waals surface area contributed by atoms with Crippen molar-refractivity contribution in [1.82, 2.24) is 9.88 Å². The Balaban J connectivity index is 1.21. The van der Waals surface area contributed by atoms with E-state index in [1.54, 1.807) is 0 Å². The van der Waals surface area contributed by atoms with Gasteiger partial charge >= 0.3 is 5.97 Å². The number of carbonyl (C=O) groups is 1. The Morgan fingerprint density at radius 2 is 1.78 bits per heavy atom. The van der Waals surface area contributed by atoms with Crippen LogP contribution in [0.2, 0.25) is 0 Å². The van der Waals surface area contributed by atoms with E-state index in [2.05, 4.69) is 46.3 Å². The highest BCUT2D eigenvalue weighted by Gasteiger charge is 2.40. The molecule has 4 heterocycles. The largest absolute Gasteiger partial charge is 0.485 e. The summed E-state index contributed by atoms with van der Waals surface area (Å²) in [5.74, 6) is -0.119. The Morgan fingerprint density at radius 1 is 1.02 bits per heavy atom. The SMILES string of the molecule is Cc1cc(-c2ccc(C3CCc4ccc([C@H](C5CC5)[C@H](C)C(=O)O)cc4O3)cc2CN2C3CCC2CC3)c(F)cn1. The van der Waals surface area contributed by atoms with E-state index >= 15 is 4.39 Å². The van der Waals surface area contributed by atoms with E-state index in [0.717, 1.165) is 65.9 Å². The molecule has 3 aliphatic heterocycles. The average molecular weight is 555 g/mol. The van der Waals surface area contributed by atoms with E-state index in [9.17, 15) is 9.90 Å². The van der Waals surface area contributed by atoms with Crippen LogP contribution in [0.3, 0.4) is 0 Å². The Kier molecular flexibility index (Phi) is 6.85. The van der Waals surface area contributed by atoms with Crippen LogP contribution in [0.4, 0.5) is 4.39 Å². The van der Waals surface area contributed by atoms with Crippen LogP contribution in [-0.4, -0.2) is 33.0 Å². The average Bonchev–Trinajstić information content (AvgIpc) is 3.66. The topological polar surface area (TPSA) is 62.7 Å². The quantitative estimate of drug-likeness (QED) is 0.311. The van der Waals surface area contributed by atoms with Gasteiger partial charge in [-0.15, -0.1) is 0 Å². The Labute approximate surface area is 241 Å². The van der Waals surface area contributed by atoms with Crippen molar-refractivity contribution in [3.8, 4) is 16.9 Å². The number of fused-ring (bicyclic) bond motifs is 3. The van der Waals surface area contributed by atoms with Gasteiger partial charge in [0.2, 0.25) is 0 Å². The number of aliphatic carboxylic acids is 1. The molecule has 1 aliphatic carbocycles. The molecule has 6 heteroatoms. The molecule has 2 bridgehead atoms. The second-order valence-electron chi connectivity index (χ2n) is 12.9. The third kappa shape index (κ3) is 5.05. The number of hydrogen-bond acceptors (Lipinski definition) is 4. The zero-order valence-electron chi connectivity index (χ0n) is 24.0. The Hall–Kier alpha value is -3.25. The lowest BCUT2D eigenvalue weighted by Gasteiger charge is -2.30. The molecule has 0 spiro atoms. The lowest BCUT2D eigenvalue weighted by Crippen LogP contribution is -2.28. The van der Waals surface area contributed by atoms with Gasteiger partial charge in [-0.25, -0.2) is 4.39 Å². The van der Waals surface area contributed by atoms with Crippen molar-refractivity contribution in [2.75, 3.05) is 0 Å². The highest BCUT2D eigenvalue weighted by atomic mass is 19.1. The van der Waals surface area contributed by atoms with Gasteiger partial charge in [0.05, 0.1) is 12.1 Å². The number of ether oxygens (including phenoxy) is 1. The molecule has 3 fully saturated rings. The van der Waals surface area contributed by atoms with Crippen LogP contribution < -0.4 is 4.74 Å². The predicted molar refractivity (Wildman–Crippen MR) is 156 cm³/mol. The zero-order valence-corrected chi connectivity index (χ0v) is 24.0. The van der Waals surface area contributed by atoms with E-state index in [1.807, 2.05) is 19.9 Å². The molecule has 1 saturated carbocycles. The summed E-state index contributed by atoms with van der Waals surface area (Å²) < 4.78 is 21.7. The number of aryl methyl sites for hydroxylation is 2. The maximum Gasteiger partial charge on any atom is 0.306 e. The summed E-state index contributed by atoms with van der Waals surface area (Å²) in [7, 11) is 0. The minimum absolute atomic E-state index is 0.0159. The standard InChI is InChI=1S/C35H39FN2O3/c1-20-15-30(31(36)18-37-20)29-13-7-24(16-26(29)19-38-27-9-10-28(38)12-11-27)32-14-8-22-3-6-25(17-33(22)41-32)34(23-4-5-23)21(2)35(39)40/h3,6-7,13,15-18,21,23,27-28,32,34H,4-5,8-12,14,19H2,1-2H3,(H,39,40)/t21-,27?,28?,32?,34-/m0/s1. The molecule has 4 aliphatic rings. The smallest absolute Gasteiger partial charge is 0.306 e. The lowest BCUT2D eigenvalue weighted by molar-refractivity contribution is -0.142. The number of hydrogen-bond donors (Lipinski definition) is 1. The van der Waals surface area contributed by atoms with Crippen LogP contribution in [0, 0.1) is 24.6 Å². The van der Waals surface area contributed by atoms with Gasteiger partial charge in [0.1, 0.15) is 17.7 Å². The first-order valence-corrected chi connectivity index (χ1v) is 15.4. The monoisotopic (exact) mass is 554 g/mol. The van der Waals surface area contributed by atoms with Gasteiger partial charge in [0.15, 0.2) is 0 Å². The van der Waals surface area contributed by atoms with Gasteiger partial charge in [0.25, 0.3) is 0 Å². The molecular weight excluding hydrogens is 515 g/mol. The number of halogens is 1. The van der Waals surface area contributed by atoms with E-state index in [-0.39, 0.29) is 17.8 Å². The summed E-state index contributed by atoms with van der Waals surface area (Å²) in [5, 5.41) is 9.76. The first-order chi connectivity index (χ1) is 19.9. The van der Waals surface area contributed by atoms with E-state index in [1.165, 1.54) is 37.4 Å². The van der Waals surface area contributed by atoms with Crippen LogP contribution in [0.15, 0.2) is 48.7 Å². The number of nitrogens with zero attached hydrogens (tertiary/aromatic N) is 2. The minimum Gasteiger partial charge on any atom is -0.485 e. The maximum absolute atomic E-state index is 15.1. The molecule has 0 radical (unpaired) electrons. The van der Waals surface area contributed by atoms with Crippen molar-refractivity contribution in [3.63, 3.8) is 0 Å². The second kappa shape index (κ2) is 10.5. The van der Waals surface area contributed by atoms with E-state index in [0.29, 0.717) is 23.6 Å². The van der Waals surface area contributed by atoms with Crippen LogP contribution in [0.1, 0.15) is 91.8 Å². The summed E-state index contributed by atoms with van der Waals surface area (Å²) in [4.78, 5) is 18.7. The fourth-order valence-electron chi connectivity index (χ4n) is 7.84. The van der Waals surface area contributed by atoms with Crippen molar-refractivity contribution in [3.05, 3.63) is 82.4 Å². The molecule has 2 saturated heterocycles. The molecule has 1 N–H and O–H groups in total. The van der Waals surface area contributed by atoms with Crippen molar-refractivity contribution in [1.29, 1.82) is 0 Å². The first-order valence-electron chi connectivity index (χ1n) is 15.4. The van der Waals surface area contributed by atoms with Crippen LogP contribution >= 0.6 is 0 Å². The molecule has 5 nitrogen and oxygen atoms in total. The molecule has 1 aromatic heterocycles. The number of aromatic nitrogens is 1. The molecule has 7 rings (SSSR count). The normalized spacial score (nSPS) is 25.0. The van der Waals surface area contributed by atoms with Crippen molar-refractivity contribution in [2.24, 2.45) is 11.8 Å². The molecule has 3 aromatic rings. The molecule has 214 valence electrons. The van der Waals surface area contributed by atoms with Gasteiger partial charge in [-0.05, 0) is 110 Å². The number of carboxylic acid groups (broad SMARTS) is 1. The van der Waals surface area contributed by atoms with Crippen molar-refractivity contribution >= 4 is 5.97 Å². The number of carboxylic acids is 1. The van der Waals surface area contributed by atoms with Crippen molar-refractivity contribution < 1.29 is 19.0 Å².